The Hall–Kier alpha value is -0.570. The predicted octanol–water partition coefficient (Wildman–Crippen LogP) is 1.16. The highest BCUT2D eigenvalue weighted by molar-refractivity contribution is 5.76. The Labute approximate surface area is 79.7 Å². The van der Waals surface area contributed by atoms with Crippen LogP contribution >= 0.6 is 0 Å². The first-order valence-corrected chi connectivity index (χ1v) is 5.16. The summed E-state index contributed by atoms with van der Waals surface area (Å²) >= 11 is 0. The lowest BCUT2D eigenvalue weighted by atomic mass is 10.1. The zero-order valence-corrected chi connectivity index (χ0v) is 8.33. The normalized spacial score (nSPS) is 19.1. The van der Waals surface area contributed by atoms with Crippen molar-refractivity contribution in [2.75, 3.05) is 13.1 Å². The molecular formula is C10H19NO2. The van der Waals surface area contributed by atoms with Crippen molar-refractivity contribution >= 4 is 5.91 Å². The number of hydrogen-bond donors (Lipinski definition) is 1. The first kappa shape index (κ1) is 10.5. The smallest absolute Gasteiger partial charge is 0.222 e. The van der Waals surface area contributed by atoms with Gasteiger partial charge in [-0.1, -0.05) is 0 Å². The fourth-order valence-corrected chi connectivity index (χ4v) is 1.67. The quantitative estimate of drug-likeness (QED) is 0.714. The molecule has 0 aliphatic carbocycles. The van der Waals surface area contributed by atoms with Crippen LogP contribution in [0, 0.1) is 0 Å². The van der Waals surface area contributed by atoms with Gasteiger partial charge in [0, 0.05) is 19.5 Å². The topological polar surface area (TPSA) is 40.5 Å². The van der Waals surface area contributed by atoms with Crippen LogP contribution in [0.2, 0.25) is 0 Å². The summed E-state index contributed by atoms with van der Waals surface area (Å²) in [5.41, 5.74) is 0. The predicted molar refractivity (Wildman–Crippen MR) is 51.3 cm³/mol. The molecule has 1 aliphatic rings. The second-order valence-electron chi connectivity index (χ2n) is 3.83. The van der Waals surface area contributed by atoms with Gasteiger partial charge in [-0.2, -0.15) is 0 Å². The Morgan fingerprint density at radius 3 is 2.62 bits per heavy atom. The van der Waals surface area contributed by atoms with Crippen molar-refractivity contribution in [3.63, 3.8) is 0 Å². The highest BCUT2D eigenvalue weighted by Gasteiger charge is 2.16. The number of aliphatic hydroxyl groups is 1. The van der Waals surface area contributed by atoms with Crippen molar-refractivity contribution in [3.05, 3.63) is 0 Å². The minimum Gasteiger partial charge on any atom is -0.393 e. The van der Waals surface area contributed by atoms with Crippen LogP contribution < -0.4 is 0 Å². The lowest BCUT2D eigenvalue weighted by molar-refractivity contribution is -0.130. The summed E-state index contributed by atoms with van der Waals surface area (Å²) in [5.74, 6) is 0.262. The van der Waals surface area contributed by atoms with Crippen molar-refractivity contribution in [1.82, 2.24) is 4.90 Å². The third kappa shape index (κ3) is 3.77. The highest BCUT2D eigenvalue weighted by atomic mass is 16.3. The Balaban J connectivity index is 2.10. The van der Waals surface area contributed by atoms with Crippen LogP contribution in [0.15, 0.2) is 0 Å². The summed E-state index contributed by atoms with van der Waals surface area (Å²) in [6, 6.07) is 0. The first-order chi connectivity index (χ1) is 6.20. The number of likely N-dealkylation sites (tertiary alicyclic amines) is 1. The molecule has 1 N–H and O–H groups in total. The molecule has 1 aliphatic heterocycles. The average molecular weight is 185 g/mol. The van der Waals surface area contributed by atoms with E-state index in [0.717, 1.165) is 38.8 Å². The van der Waals surface area contributed by atoms with Gasteiger partial charge in [0.05, 0.1) is 6.10 Å². The molecule has 1 fully saturated rings. The molecule has 0 saturated carbocycles. The van der Waals surface area contributed by atoms with E-state index in [1.807, 2.05) is 4.90 Å². The van der Waals surface area contributed by atoms with Crippen molar-refractivity contribution in [3.8, 4) is 0 Å². The molecule has 1 heterocycles. The van der Waals surface area contributed by atoms with E-state index < -0.39 is 0 Å². The monoisotopic (exact) mass is 185 g/mol. The lowest BCUT2D eigenvalue weighted by Crippen LogP contribution is -2.27. The summed E-state index contributed by atoms with van der Waals surface area (Å²) < 4.78 is 0. The minimum absolute atomic E-state index is 0.262. The van der Waals surface area contributed by atoms with Crippen LogP contribution in [-0.4, -0.2) is 35.1 Å². The number of rotatable bonds is 4. The molecule has 1 unspecified atom stereocenters. The third-order valence-corrected chi connectivity index (χ3v) is 2.47. The molecule has 0 aromatic heterocycles. The van der Waals surface area contributed by atoms with E-state index in [0.29, 0.717) is 6.42 Å². The maximum absolute atomic E-state index is 11.5. The summed E-state index contributed by atoms with van der Waals surface area (Å²) in [6.45, 7) is 3.64. The third-order valence-electron chi connectivity index (χ3n) is 2.47. The molecular weight excluding hydrogens is 166 g/mol. The van der Waals surface area contributed by atoms with Crippen molar-refractivity contribution < 1.29 is 9.90 Å². The molecule has 3 heteroatoms. The van der Waals surface area contributed by atoms with E-state index in [-0.39, 0.29) is 12.0 Å². The van der Waals surface area contributed by atoms with Gasteiger partial charge in [0.2, 0.25) is 5.91 Å². The van der Waals surface area contributed by atoms with Crippen LogP contribution in [0.25, 0.3) is 0 Å². The molecule has 0 radical (unpaired) electrons. The Morgan fingerprint density at radius 2 is 2.08 bits per heavy atom. The van der Waals surface area contributed by atoms with Crippen molar-refractivity contribution in [2.45, 2.75) is 45.1 Å². The maximum atomic E-state index is 11.5. The van der Waals surface area contributed by atoms with Gasteiger partial charge < -0.3 is 10.0 Å². The van der Waals surface area contributed by atoms with E-state index in [1.54, 1.807) is 6.92 Å². The van der Waals surface area contributed by atoms with E-state index >= 15 is 0 Å². The molecule has 0 bridgehead atoms. The molecule has 0 aromatic rings. The van der Waals surface area contributed by atoms with Gasteiger partial charge in [-0.3, -0.25) is 4.79 Å². The molecule has 3 nitrogen and oxygen atoms in total. The largest absolute Gasteiger partial charge is 0.393 e. The zero-order valence-electron chi connectivity index (χ0n) is 8.33. The number of carbonyl (C=O) groups is 1. The molecule has 0 aromatic carbocycles. The maximum Gasteiger partial charge on any atom is 0.222 e. The van der Waals surface area contributed by atoms with Gasteiger partial charge in [-0.15, -0.1) is 0 Å². The number of carbonyl (C=O) groups excluding carboxylic acids is 1. The van der Waals surface area contributed by atoms with Gasteiger partial charge in [0.15, 0.2) is 0 Å². The average Bonchev–Trinajstić information content (AvgIpc) is 2.55. The zero-order chi connectivity index (χ0) is 9.68. The molecule has 1 amide bonds. The van der Waals surface area contributed by atoms with Crippen molar-refractivity contribution in [1.29, 1.82) is 0 Å². The fourth-order valence-electron chi connectivity index (χ4n) is 1.67. The van der Waals surface area contributed by atoms with Gasteiger partial charge in [-0.05, 0) is 32.6 Å². The molecule has 1 saturated heterocycles. The Bertz CT molecular complexity index is 162. The summed E-state index contributed by atoms with van der Waals surface area (Å²) in [5, 5.41) is 9.01. The van der Waals surface area contributed by atoms with Crippen LogP contribution in [-0.2, 0) is 4.79 Å². The van der Waals surface area contributed by atoms with Crippen LogP contribution in [0.5, 0.6) is 0 Å². The molecule has 0 spiro atoms. The van der Waals surface area contributed by atoms with E-state index in [9.17, 15) is 4.79 Å². The first-order valence-electron chi connectivity index (χ1n) is 5.16. The highest BCUT2D eigenvalue weighted by Crippen LogP contribution is 2.11. The lowest BCUT2D eigenvalue weighted by Gasteiger charge is -2.14. The number of amides is 1. The van der Waals surface area contributed by atoms with Crippen LogP contribution in [0.4, 0.5) is 0 Å². The number of hydrogen-bond acceptors (Lipinski definition) is 2. The minimum atomic E-state index is -0.272. The van der Waals surface area contributed by atoms with Gasteiger partial charge in [-0.25, -0.2) is 0 Å². The van der Waals surface area contributed by atoms with Gasteiger partial charge in [0.1, 0.15) is 0 Å². The molecule has 1 rings (SSSR count). The van der Waals surface area contributed by atoms with E-state index in [1.165, 1.54) is 0 Å². The van der Waals surface area contributed by atoms with Gasteiger partial charge >= 0.3 is 0 Å². The number of nitrogens with zero attached hydrogens (tertiary/aromatic N) is 1. The van der Waals surface area contributed by atoms with E-state index in [4.69, 9.17) is 5.11 Å². The molecule has 1 atom stereocenters. The van der Waals surface area contributed by atoms with Crippen molar-refractivity contribution in [2.24, 2.45) is 0 Å². The Kier molecular flexibility index (Phi) is 4.22. The SMILES string of the molecule is CC(O)CCCC(=O)N1CCCC1. The summed E-state index contributed by atoms with van der Waals surface area (Å²) in [6.07, 6.45) is 4.19. The summed E-state index contributed by atoms with van der Waals surface area (Å²) in [4.78, 5) is 13.4. The standard InChI is InChI=1S/C10H19NO2/c1-9(12)5-4-6-10(13)11-7-2-3-8-11/h9,12H,2-8H2,1H3. The fraction of sp³-hybridized carbons (Fsp3) is 0.900. The molecule has 13 heavy (non-hydrogen) atoms. The second-order valence-corrected chi connectivity index (χ2v) is 3.83. The summed E-state index contributed by atoms with van der Waals surface area (Å²) in [7, 11) is 0. The number of aliphatic hydroxyl groups excluding tert-OH is 1. The van der Waals surface area contributed by atoms with Gasteiger partial charge in [0.25, 0.3) is 0 Å². The molecule has 76 valence electrons. The van der Waals surface area contributed by atoms with E-state index in [2.05, 4.69) is 0 Å². The Morgan fingerprint density at radius 1 is 1.46 bits per heavy atom. The van der Waals surface area contributed by atoms with Crippen LogP contribution in [0.1, 0.15) is 39.0 Å². The second kappa shape index (κ2) is 5.22. The van der Waals surface area contributed by atoms with Crippen LogP contribution in [0.3, 0.4) is 0 Å².